The van der Waals surface area contributed by atoms with Gasteiger partial charge in [0.15, 0.2) is 6.61 Å². The number of aromatic nitrogens is 1. The minimum absolute atomic E-state index is 0.0863. The van der Waals surface area contributed by atoms with Crippen LogP contribution < -0.4 is 4.74 Å². The highest BCUT2D eigenvalue weighted by atomic mass is 79.9. The van der Waals surface area contributed by atoms with Crippen molar-refractivity contribution >= 4 is 44.3 Å². The van der Waals surface area contributed by atoms with Gasteiger partial charge in [0.25, 0.3) is 5.69 Å². The number of carbonyl (C=O) groups is 2. The molecular formula is C25H17BrN2O6. The molecule has 4 aromatic rings. The fourth-order valence-corrected chi connectivity index (χ4v) is 3.72. The molecule has 0 saturated heterocycles. The predicted octanol–water partition coefficient (Wildman–Crippen LogP) is 5.62. The van der Waals surface area contributed by atoms with Gasteiger partial charge in [0, 0.05) is 33.1 Å². The molecule has 0 unspecified atom stereocenters. The number of rotatable bonds is 7. The number of ether oxygens (including phenoxy) is 2. The third-order valence-electron chi connectivity index (χ3n) is 5.09. The van der Waals surface area contributed by atoms with Gasteiger partial charge in [0.1, 0.15) is 5.75 Å². The van der Waals surface area contributed by atoms with E-state index in [0.717, 1.165) is 16.1 Å². The maximum absolute atomic E-state index is 13.0. The van der Waals surface area contributed by atoms with Gasteiger partial charge in [-0.2, -0.15) is 0 Å². The second-order valence-corrected chi connectivity index (χ2v) is 8.17. The molecule has 4 rings (SSSR count). The molecule has 34 heavy (non-hydrogen) atoms. The molecule has 1 heterocycles. The smallest absolute Gasteiger partial charge is 0.339 e. The maximum Gasteiger partial charge on any atom is 0.339 e. The Morgan fingerprint density at radius 2 is 1.79 bits per heavy atom. The van der Waals surface area contributed by atoms with Gasteiger partial charge in [0.2, 0.25) is 5.78 Å². The van der Waals surface area contributed by atoms with Gasteiger partial charge in [0.05, 0.1) is 28.8 Å². The van der Waals surface area contributed by atoms with Crippen molar-refractivity contribution in [3.63, 3.8) is 0 Å². The third kappa shape index (κ3) is 4.94. The molecular weight excluding hydrogens is 504 g/mol. The molecule has 9 heteroatoms. The average molecular weight is 521 g/mol. The first kappa shape index (κ1) is 23.1. The molecule has 0 aliphatic heterocycles. The lowest BCUT2D eigenvalue weighted by atomic mass is 10.0. The molecule has 0 saturated carbocycles. The summed E-state index contributed by atoms with van der Waals surface area (Å²) in [6, 6.07) is 19.4. The third-order valence-corrected chi connectivity index (χ3v) is 5.58. The van der Waals surface area contributed by atoms with Crippen molar-refractivity contribution in [1.29, 1.82) is 0 Å². The molecule has 0 spiro atoms. The van der Waals surface area contributed by atoms with Crippen LogP contribution in [0.5, 0.6) is 5.75 Å². The zero-order chi connectivity index (χ0) is 24.2. The number of hydrogen-bond acceptors (Lipinski definition) is 7. The molecule has 8 nitrogen and oxygen atoms in total. The van der Waals surface area contributed by atoms with Crippen LogP contribution in [0.1, 0.15) is 20.7 Å². The van der Waals surface area contributed by atoms with Gasteiger partial charge < -0.3 is 9.47 Å². The van der Waals surface area contributed by atoms with Gasteiger partial charge in [-0.3, -0.25) is 14.9 Å². The lowest BCUT2D eigenvalue weighted by Gasteiger charge is -2.11. The minimum atomic E-state index is -0.709. The number of pyridine rings is 1. The number of esters is 1. The number of nitrogens with zero attached hydrogens (tertiary/aromatic N) is 2. The number of benzene rings is 3. The van der Waals surface area contributed by atoms with E-state index in [9.17, 15) is 19.7 Å². The first-order chi connectivity index (χ1) is 16.4. The summed E-state index contributed by atoms with van der Waals surface area (Å²) in [5.41, 5.74) is 2.01. The SMILES string of the molecule is COc1ccc(-c2cc(C(=O)OCC(=O)c3cccc([N+](=O)[O-])c3)c3cc(Br)ccc3n2)cc1. The van der Waals surface area contributed by atoms with E-state index in [0.29, 0.717) is 22.3 Å². The average Bonchev–Trinajstić information content (AvgIpc) is 2.86. The van der Waals surface area contributed by atoms with Gasteiger partial charge in [-0.05, 0) is 48.5 Å². The number of Topliss-reactive ketones (excluding diaryl/α,β-unsaturated/α-hetero) is 1. The Labute approximate surface area is 202 Å². The Morgan fingerprint density at radius 1 is 1.03 bits per heavy atom. The second kappa shape index (κ2) is 9.80. The van der Waals surface area contributed by atoms with Crippen molar-refractivity contribution in [2.75, 3.05) is 13.7 Å². The number of hydrogen-bond donors (Lipinski definition) is 0. The Hall–Kier alpha value is -4.11. The second-order valence-electron chi connectivity index (χ2n) is 7.25. The van der Waals surface area contributed by atoms with Crippen LogP contribution in [0, 0.1) is 10.1 Å². The predicted molar refractivity (Wildman–Crippen MR) is 129 cm³/mol. The molecule has 0 bridgehead atoms. The highest BCUT2D eigenvalue weighted by Crippen LogP contribution is 2.29. The van der Waals surface area contributed by atoms with Gasteiger partial charge in [-0.1, -0.05) is 28.1 Å². The molecule has 0 fully saturated rings. The van der Waals surface area contributed by atoms with Crippen molar-refractivity contribution in [3.05, 3.63) is 98.5 Å². The Balaban J connectivity index is 1.64. The van der Waals surface area contributed by atoms with Crippen LogP contribution in [-0.4, -0.2) is 35.4 Å². The Morgan fingerprint density at radius 3 is 2.50 bits per heavy atom. The standard InChI is InChI=1S/C25H17BrN2O6/c1-33-19-8-5-15(6-9-19)23-13-21(20-12-17(26)7-10-22(20)27-23)25(30)34-14-24(29)16-3-2-4-18(11-16)28(31)32/h2-13H,14H2,1H3. The van der Waals surface area contributed by atoms with Crippen LogP contribution in [0.25, 0.3) is 22.2 Å². The van der Waals surface area contributed by atoms with E-state index in [1.807, 2.05) is 18.2 Å². The molecule has 0 N–H and O–H groups in total. The summed E-state index contributed by atoms with van der Waals surface area (Å²) in [6.45, 7) is -0.560. The molecule has 170 valence electrons. The molecule has 0 amide bonds. The van der Waals surface area contributed by atoms with E-state index in [-0.39, 0.29) is 16.8 Å². The van der Waals surface area contributed by atoms with Crippen LogP contribution in [0.2, 0.25) is 0 Å². The fourth-order valence-electron chi connectivity index (χ4n) is 3.36. The van der Waals surface area contributed by atoms with E-state index in [2.05, 4.69) is 20.9 Å². The number of carbonyl (C=O) groups excluding carboxylic acids is 2. The number of non-ortho nitro benzene ring substituents is 1. The van der Waals surface area contributed by atoms with Crippen LogP contribution in [0.3, 0.4) is 0 Å². The summed E-state index contributed by atoms with van der Waals surface area (Å²) in [6.07, 6.45) is 0. The number of nitro groups is 1. The van der Waals surface area contributed by atoms with Crippen LogP contribution >= 0.6 is 15.9 Å². The largest absolute Gasteiger partial charge is 0.497 e. The monoisotopic (exact) mass is 520 g/mol. The molecule has 0 atom stereocenters. The van der Waals surface area contributed by atoms with E-state index in [1.54, 1.807) is 37.4 Å². The maximum atomic E-state index is 13.0. The number of ketones is 1. The normalized spacial score (nSPS) is 10.6. The van der Waals surface area contributed by atoms with Crippen molar-refractivity contribution in [3.8, 4) is 17.0 Å². The lowest BCUT2D eigenvalue weighted by molar-refractivity contribution is -0.384. The van der Waals surface area contributed by atoms with Crippen molar-refractivity contribution in [1.82, 2.24) is 4.98 Å². The van der Waals surface area contributed by atoms with Crippen molar-refractivity contribution in [2.24, 2.45) is 0 Å². The fraction of sp³-hybridized carbons (Fsp3) is 0.0800. The lowest BCUT2D eigenvalue weighted by Crippen LogP contribution is -2.15. The summed E-state index contributed by atoms with van der Waals surface area (Å²) in [5.74, 6) is -0.571. The number of methoxy groups -OCH3 is 1. The number of fused-ring (bicyclic) bond motifs is 1. The minimum Gasteiger partial charge on any atom is -0.497 e. The van der Waals surface area contributed by atoms with Crippen molar-refractivity contribution < 1.29 is 24.0 Å². The highest BCUT2D eigenvalue weighted by Gasteiger charge is 2.19. The summed E-state index contributed by atoms with van der Waals surface area (Å²) < 4.78 is 11.2. The summed E-state index contributed by atoms with van der Waals surface area (Å²) in [5, 5.41) is 11.5. The summed E-state index contributed by atoms with van der Waals surface area (Å²) in [7, 11) is 1.57. The summed E-state index contributed by atoms with van der Waals surface area (Å²) >= 11 is 3.40. The zero-order valence-electron chi connectivity index (χ0n) is 17.9. The molecule has 0 aliphatic rings. The quantitative estimate of drug-likeness (QED) is 0.134. The molecule has 0 aliphatic carbocycles. The number of nitro benzene ring substituents is 1. The van der Waals surface area contributed by atoms with Gasteiger partial charge >= 0.3 is 5.97 Å². The van der Waals surface area contributed by atoms with E-state index < -0.39 is 23.3 Å². The first-order valence-electron chi connectivity index (χ1n) is 10.1. The zero-order valence-corrected chi connectivity index (χ0v) is 19.4. The molecule has 0 radical (unpaired) electrons. The van der Waals surface area contributed by atoms with Gasteiger partial charge in [-0.25, -0.2) is 9.78 Å². The van der Waals surface area contributed by atoms with Gasteiger partial charge in [-0.15, -0.1) is 0 Å². The first-order valence-corrected chi connectivity index (χ1v) is 10.8. The Bertz CT molecular complexity index is 1420. The van der Waals surface area contributed by atoms with E-state index in [1.165, 1.54) is 18.2 Å². The highest BCUT2D eigenvalue weighted by molar-refractivity contribution is 9.10. The molecule has 1 aromatic heterocycles. The van der Waals surface area contributed by atoms with Crippen LogP contribution in [-0.2, 0) is 4.74 Å². The van der Waals surface area contributed by atoms with E-state index >= 15 is 0 Å². The van der Waals surface area contributed by atoms with Crippen LogP contribution in [0.4, 0.5) is 5.69 Å². The Kier molecular flexibility index (Phi) is 6.65. The topological polar surface area (TPSA) is 109 Å². The van der Waals surface area contributed by atoms with Crippen LogP contribution in [0.15, 0.2) is 77.3 Å². The molecule has 3 aromatic carbocycles. The number of halogens is 1. The summed E-state index contributed by atoms with van der Waals surface area (Å²) in [4.78, 5) is 40.5. The van der Waals surface area contributed by atoms with Crippen molar-refractivity contribution in [2.45, 2.75) is 0 Å². The van der Waals surface area contributed by atoms with E-state index in [4.69, 9.17) is 9.47 Å².